The molecule has 1 saturated heterocycles. The fourth-order valence-corrected chi connectivity index (χ4v) is 6.17. The molecule has 0 bridgehead atoms. The molecule has 3 rings (SSSR count). The second-order valence-electron chi connectivity index (χ2n) is 9.22. The van der Waals surface area contributed by atoms with Crippen molar-refractivity contribution < 1.29 is 13.2 Å². The van der Waals surface area contributed by atoms with Crippen molar-refractivity contribution in [3.8, 4) is 0 Å². The quantitative estimate of drug-likeness (QED) is 0.743. The molecule has 0 atom stereocenters. The number of sulfonamides is 1. The maximum Gasteiger partial charge on any atom is 0.251 e. The van der Waals surface area contributed by atoms with Gasteiger partial charge in [0.15, 0.2) is 0 Å². The monoisotopic (exact) mass is 435 g/mol. The SMILES string of the molecule is Cc1cc(C(=O)NCC2(N3CCCCC3)CCCCC2)cc(S(=O)(=O)N(C)C)c1C. The number of hydrogen-bond acceptors (Lipinski definition) is 4. The van der Waals surface area contributed by atoms with Gasteiger partial charge in [-0.2, -0.15) is 0 Å². The van der Waals surface area contributed by atoms with Crippen LogP contribution in [0.1, 0.15) is 72.9 Å². The number of rotatable bonds is 6. The normalized spacial score (nSPS) is 20.3. The number of piperidine rings is 1. The fourth-order valence-electron chi connectivity index (χ4n) is 4.95. The Hall–Kier alpha value is -1.44. The van der Waals surface area contributed by atoms with Crippen molar-refractivity contribution in [1.29, 1.82) is 0 Å². The minimum atomic E-state index is -3.61. The summed E-state index contributed by atoms with van der Waals surface area (Å²) in [6, 6.07) is 3.33. The number of amides is 1. The highest BCUT2D eigenvalue weighted by Gasteiger charge is 2.38. The molecule has 30 heavy (non-hydrogen) atoms. The molecule has 0 aromatic heterocycles. The number of carbonyl (C=O) groups is 1. The van der Waals surface area contributed by atoms with Gasteiger partial charge >= 0.3 is 0 Å². The van der Waals surface area contributed by atoms with Crippen LogP contribution in [-0.4, -0.2) is 62.8 Å². The first-order valence-corrected chi connectivity index (χ1v) is 12.7. The summed E-state index contributed by atoms with van der Waals surface area (Å²) in [6.45, 7) is 6.52. The summed E-state index contributed by atoms with van der Waals surface area (Å²) in [4.78, 5) is 15.9. The molecule has 0 spiro atoms. The molecular weight excluding hydrogens is 398 g/mol. The number of nitrogens with one attached hydrogen (secondary N) is 1. The lowest BCUT2D eigenvalue weighted by atomic mass is 9.79. The molecular formula is C23H37N3O3S. The smallest absolute Gasteiger partial charge is 0.251 e. The fraction of sp³-hybridized carbons (Fsp3) is 0.696. The van der Waals surface area contributed by atoms with Crippen LogP contribution in [0.15, 0.2) is 17.0 Å². The molecule has 2 fully saturated rings. The Morgan fingerprint density at radius 3 is 2.23 bits per heavy atom. The van der Waals surface area contributed by atoms with E-state index in [1.807, 2.05) is 6.92 Å². The Balaban J connectivity index is 1.82. The Morgan fingerprint density at radius 2 is 1.63 bits per heavy atom. The second-order valence-corrected chi connectivity index (χ2v) is 11.3. The van der Waals surface area contributed by atoms with Crippen LogP contribution in [0.5, 0.6) is 0 Å². The van der Waals surface area contributed by atoms with Crippen molar-refractivity contribution in [1.82, 2.24) is 14.5 Å². The molecule has 1 amide bonds. The molecule has 7 heteroatoms. The number of benzene rings is 1. The van der Waals surface area contributed by atoms with Crippen LogP contribution in [-0.2, 0) is 10.0 Å². The van der Waals surface area contributed by atoms with Gasteiger partial charge in [0.1, 0.15) is 0 Å². The Bertz CT molecular complexity index is 868. The van der Waals surface area contributed by atoms with Gasteiger partial charge < -0.3 is 5.32 Å². The van der Waals surface area contributed by atoms with E-state index in [1.165, 1.54) is 63.0 Å². The second kappa shape index (κ2) is 9.37. The maximum atomic E-state index is 13.1. The molecule has 1 saturated carbocycles. The van der Waals surface area contributed by atoms with Gasteiger partial charge in [0, 0.05) is 31.7 Å². The lowest BCUT2D eigenvalue weighted by Gasteiger charge is -2.48. The summed E-state index contributed by atoms with van der Waals surface area (Å²) in [7, 11) is -0.573. The van der Waals surface area contributed by atoms with Gasteiger partial charge in [-0.15, -0.1) is 0 Å². The molecule has 1 aromatic carbocycles. The number of hydrogen-bond donors (Lipinski definition) is 1. The molecule has 0 radical (unpaired) electrons. The Morgan fingerprint density at radius 1 is 1.03 bits per heavy atom. The number of aryl methyl sites for hydroxylation is 1. The van der Waals surface area contributed by atoms with Gasteiger partial charge in [0.25, 0.3) is 5.91 Å². The van der Waals surface area contributed by atoms with Crippen molar-refractivity contribution in [3.63, 3.8) is 0 Å². The number of carbonyl (C=O) groups excluding carboxylic acids is 1. The highest BCUT2D eigenvalue weighted by molar-refractivity contribution is 7.89. The summed E-state index contributed by atoms with van der Waals surface area (Å²) in [5.41, 5.74) is 1.97. The minimum absolute atomic E-state index is 0.0482. The van der Waals surface area contributed by atoms with E-state index >= 15 is 0 Å². The van der Waals surface area contributed by atoms with Gasteiger partial charge in [-0.1, -0.05) is 25.7 Å². The van der Waals surface area contributed by atoms with E-state index in [0.717, 1.165) is 31.5 Å². The summed E-state index contributed by atoms with van der Waals surface area (Å²) < 4.78 is 26.7. The first-order chi connectivity index (χ1) is 14.2. The highest BCUT2D eigenvalue weighted by Crippen LogP contribution is 2.35. The molecule has 1 heterocycles. The third-order valence-electron chi connectivity index (χ3n) is 7.03. The molecule has 2 aliphatic rings. The number of likely N-dealkylation sites (tertiary alicyclic amines) is 1. The van der Waals surface area contributed by atoms with Crippen LogP contribution >= 0.6 is 0 Å². The zero-order chi connectivity index (χ0) is 21.9. The summed E-state index contributed by atoms with van der Waals surface area (Å²) in [6.07, 6.45) is 9.71. The van der Waals surface area contributed by atoms with Crippen LogP contribution in [0.2, 0.25) is 0 Å². The van der Waals surface area contributed by atoms with Crippen LogP contribution in [0.3, 0.4) is 0 Å². The molecule has 6 nitrogen and oxygen atoms in total. The van der Waals surface area contributed by atoms with Gasteiger partial charge in [-0.05, 0) is 75.9 Å². The first kappa shape index (κ1) is 23.2. The standard InChI is InChI=1S/C23H37N3O3S/c1-18-15-20(16-21(19(18)2)30(28,29)25(3)4)22(27)24-17-23(11-7-5-8-12-23)26-13-9-6-10-14-26/h15-16H,5-14,17H2,1-4H3,(H,24,27). The van der Waals surface area contributed by atoms with Gasteiger partial charge in [-0.3, -0.25) is 9.69 Å². The molecule has 168 valence electrons. The van der Waals surface area contributed by atoms with Crippen LogP contribution < -0.4 is 5.32 Å². The molecule has 1 aromatic rings. The molecule has 0 unspecified atom stereocenters. The Labute approximate surface area is 182 Å². The van der Waals surface area contributed by atoms with Crippen molar-refractivity contribution in [2.24, 2.45) is 0 Å². The van der Waals surface area contributed by atoms with Crippen molar-refractivity contribution in [2.45, 2.75) is 75.6 Å². The summed E-state index contributed by atoms with van der Waals surface area (Å²) in [5, 5.41) is 3.17. The molecule has 1 aliphatic carbocycles. The lowest BCUT2D eigenvalue weighted by molar-refractivity contribution is 0.0326. The summed E-state index contributed by atoms with van der Waals surface area (Å²) >= 11 is 0. The van der Waals surface area contributed by atoms with E-state index in [-0.39, 0.29) is 16.3 Å². The number of nitrogens with zero attached hydrogens (tertiary/aromatic N) is 2. The van der Waals surface area contributed by atoms with Crippen molar-refractivity contribution >= 4 is 15.9 Å². The topological polar surface area (TPSA) is 69.7 Å². The predicted molar refractivity (Wildman–Crippen MR) is 120 cm³/mol. The Kier molecular flexibility index (Phi) is 7.25. The average molecular weight is 436 g/mol. The van der Waals surface area contributed by atoms with Crippen molar-refractivity contribution in [2.75, 3.05) is 33.7 Å². The lowest BCUT2D eigenvalue weighted by Crippen LogP contribution is -2.58. The molecule has 1 N–H and O–H groups in total. The van der Waals surface area contributed by atoms with Gasteiger partial charge in [0.2, 0.25) is 10.0 Å². The van der Waals surface area contributed by atoms with Crippen LogP contribution in [0.25, 0.3) is 0 Å². The van der Waals surface area contributed by atoms with Crippen LogP contribution in [0.4, 0.5) is 0 Å². The highest BCUT2D eigenvalue weighted by atomic mass is 32.2. The van der Waals surface area contributed by atoms with E-state index in [2.05, 4.69) is 10.2 Å². The largest absolute Gasteiger partial charge is 0.350 e. The van der Waals surface area contributed by atoms with E-state index in [0.29, 0.717) is 17.7 Å². The average Bonchev–Trinajstić information content (AvgIpc) is 2.74. The third-order valence-corrected chi connectivity index (χ3v) is 8.97. The van der Waals surface area contributed by atoms with E-state index in [9.17, 15) is 13.2 Å². The van der Waals surface area contributed by atoms with Gasteiger partial charge in [-0.25, -0.2) is 12.7 Å². The predicted octanol–water partition coefficient (Wildman–Crippen LogP) is 3.47. The van der Waals surface area contributed by atoms with E-state index in [4.69, 9.17) is 0 Å². The van der Waals surface area contributed by atoms with Crippen LogP contribution in [0, 0.1) is 13.8 Å². The third kappa shape index (κ3) is 4.73. The zero-order valence-electron chi connectivity index (χ0n) is 19.0. The zero-order valence-corrected chi connectivity index (χ0v) is 19.8. The van der Waals surface area contributed by atoms with E-state index in [1.54, 1.807) is 13.0 Å². The first-order valence-electron chi connectivity index (χ1n) is 11.2. The van der Waals surface area contributed by atoms with Crippen molar-refractivity contribution in [3.05, 3.63) is 28.8 Å². The maximum absolute atomic E-state index is 13.1. The van der Waals surface area contributed by atoms with Gasteiger partial charge in [0.05, 0.1) is 4.90 Å². The van der Waals surface area contributed by atoms with E-state index < -0.39 is 10.0 Å². The summed E-state index contributed by atoms with van der Waals surface area (Å²) in [5.74, 6) is -0.185. The minimum Gasteiger partial charge on any atom is -0.350 e. The molecule has 1 aliphatic heterocycles.